The zero-order valence-corrected chi connectivity index (χ0v) is 15.1. The van der Waals surface area contributed by atoms with Crippen molar-refractivity contribution in [3.63, 3.8) is 0 Å². The normalized spacial score (nSPS) is 19.0. The topological polar surface area (TPSA) is 78.5 Å². The minimum absolute atomic E-state index is 0.244. The molecule has 0 aromatic heterocycles. The number of carbonyl (C=O) groups is 3. The highest BCUT2D eigenvalue weighted by atomic mass is 35.5. The van der Waals surface area contributed by atoms with E-state index in [0.29, 0.717) is 16.5 Å². The molecule has 0 spiro atoms. The highest BCUT2D eigenvalue weighted by Crippen LogP contribution is 2.33. The van der Waals surface area contributed by atoms with Gasteiger partial charge in [0.1, 0.15) is 12.1 Å². The number of imide groups is 1. The molecule has 0 aliphatic carbocycles. The van der Waals surface area contributed by atoms with Gasteiger partial charge in [0.05, 0.1) is 5.69 Å². The number of hydrogen-bond donors (Lipinski definition) is 2. The molecule has 1 atom stereocenters. The summed E-state index contributed by atoms with van der Waals surface area (Å²) in [7, 11) is 0. The minimum atomic E-state index is -1.75. The van der Waals surface area contributed by atoms with Crippen molar-refractivity contribution in [1.29, 1.82) is 0 Å². The van der Waals surface area contributed by atoms with Gasteiger partial charge in [-0.15, -0.1) is 0 Å². The zero-order valence-electron chi connectivity index (χ0n) is 14.4. The third kappa shape index (κ3) is 3.29. The summed E-state index contributed by atoms with van der Waals surface area (Å²) < 4.78 is 39.9. The Hall–Kier alpha value is -3.07. The third-order valence-electron chi connectivity index (χ3n) is 4.30. The second-order valence-electron chi connectivity index (χ2n) is 6.20. The number of carbonyl (C=O) groups excluding carboxylic acids is 3. The summed E-state index contributed by atoms with van der Waals surface area (Å²) in [4.78, 5) is 37.7. The van der Waals surface area contributed by atoms with E-state index in [0.717, 1.165) is 6.07 Å². The number of benzene rings is 2. The molecule has 0 unspecified atom stereocenters. The lowest BCUT2D eigenvalue weighted by molar-refractivity contribution is -0.133. The lowest BCUT2D eigenvalue weighted by Gasteiger charge is -2.23. The fraction of sp³-hybridized carbons (Fsp3) is 0.167. The summed E-state index contributed by atoms with van der Waals surface area (Å²) in [6.45, 7) is 0.671. The number of urea groups is 1. The summed E-state index contributed by atoms with van der Waals surface area (Å²) in [6.07, 6.45) is 0. The second kappa shape index (κ2) is 7.16. The van der Waals surface area contributed by atoms with Crippen molar-refractivity contribution in [2.45, 2.75) is 12.5 Å². The first-order valence-electron chi connectivity index (χ1n) is 7.97. The summed E-state index contributed by atoms with van der Waals surface area (Å²) >= 11 is 6.10. The SMILES string of the molecule is C[C@@]1(c2ccccc2Cl)NC(=O)N(CC(=O)Nc2ccc(F)c(F)c2F)C1=O. The molecule has 6 nitrogen and oxygen atoms in total. The number of anilines is 1. The van der Waals surface area contributed by atoms with Crippen LogP contribution in [0.5, 0.6) is 0 Å². The Balaban J connectivity index is 1.79. The van der Waals surface area contributed by atoms with Gasteiger partial charge in [-0.3, -0.25) is 14.5 Å². The van der Waals surface area contributed by atoms with Crippen molar-refractivity contribution in [3.8, 4) is 0 Å². The predicted molar refractivity (Wildman–Crippen MR) is 94.0 cm³/mol. The first-order valence-corrected chi connectivity index (χ1v) is 8.35. The van der Waals surface area contributed by atoms with Gasteiger partial charge in [-0.25, -0.2) is 18.0 Å². The first kappa shape index (κ1) is 19.7. The molecule has 4 amide bonds. The molecule has 2 aromatic rings. The van der Waals surface area contributed by atoms with Crippen molar-refractivity contribution in [3.05, 3.63) is 64.4 Å². The van der Waals surface area contributed by atoms with Gasteiger partial charge in [0, 0.05) is 10.6 Å². The van der Waals surface area contributed by atoms with Crippen LogP contribution in [0.4, 0.5) is 23.7 Å². The van der Waals surface area contributed by atoms with Crippen molar-refractivity contribution in [1.82, 2.24) is 10.2 Å². The Bertz CT molecular complexity index is 1000. The van der Waals surface area contributed by atoms with Crippen LogP contribution in [0, 0.1) is 17.5 Å². The summed E-state index contributed by atoms with van der Waals surface area (Å²) in [5.41, 5.74) is -1.78. The van der Waals surface area contributed by atoms with Gasteiger partial charge in [0.15, 0.2) is 17.5 Å². The van der Waals surface area contributed by atoms with E-state index in [-0.39, 0.29) is 5.02 Å². The molecule has 1 saturated heterocycles. The van der Waals surface area contributed by atoms with Gasteiger partial charge in [-0.1, -0.05) is 29.8 Å². The van der Waals surface area contributed by atoms with Crippen LogP contribution in [0.3, 0.4) is 0 Å². The quantitative estimate of drug-likeness (QED) is 0.599. The van der Waals surface area contributed by atoms with E-state index in [2.05, 4.69) is 5.32 Å². The standard InChI is InChI=1S/C18H13ClF3N3O3/c1-18(9-4-2-3-5-10(9)19)16(27)25(17(28)24-18)8-13(26)23-12-7-6-11(20)14(21)15(12)22/h2-7H,8H2,1H3,(H,23,26)(H,24,28)/t18-/m0/s1. The van der Waals surface area contributed by atoms with Crippen molar-refractivity contribution in [2.75, 3.05) is 11.9 Å². The maximum Gasteiger partial charge on any atom is 0.325 e. The molecule has 10 heteroatoms. The lowest BCUT2D eigenvalue weighted by Crippen LogP contribution is -2.42. The van der Waals surface area contributed by atoms with Crippen LogP contribution in [-0.4, -0.2) is 29.3 Å². The average Bonchev–Trinajstić information content (AvgIpc) is 2.86. The molecule has 1 aliphatic rings. The van der Waals surface area contributed by atoms with Gasteiger partial charge in [0.25, 0.3) is 5.91 Å². The molecule has 0 bridgehead atoms. The molecule has 0 saturated carbocycles. The smallest absolute Gasteiger partial charge is 0.322 e. The molecule has 1 fully saturated rings. The van der Waals surface area contributed by atoms with E-state index in [1.54, 1.807) is 24.3 Å². The number of halogens is 4. The van der Waals surface area contributed by atoms with Crippen LogP contribution >= 0.6 is 11.6 Å². The molecule has 146 valence electrons. The van der Waals surface area contributed by atoms with Gasteiger partial charge in [-0.05, 0) is 25.1 Å². The van der Waals surface area contributed by atoms with E-state index >= 15 is 0 Å². The Morgan fingerprint density at radius 3 is 2.50 bits per heavy atom. The fourth-order valence-electron chi connectivity index (χ4n) is 2.85. The van der Waals surface area contributed by atoms with Crippen LogP contribution < -0.4 is 10.6 Å². The van der Waals surface area contributed by atoms with E-state index in [1.807, 2.05) is 5.32 Å². The largest absolute Gasteiger partial charge is 0.325 e. The fourth-order valence-corrected chi connectivity index (χ4v) is 3.17. The van der Waals surface area contributed by atoms with Crippen LogP contribution in [0.25, 0.3) is 0 Å². The molecular weight excluding hydrogens is 399 g/mol. The van der Waals surface area contributed by atoms with Crippen molar-refractivity contribution < 1.29 is 27.6 Å². The maximum atomic E-state index is 13.7. The molecule has 2 N–H and O–H groups in total. The Morgan fingerprint density at radius 2 is 1.82 bits per heavy atom. The molecular formula is C18H13ClF3N3O3. The van der Waals surface area contributed by atoms with Gasteiger partial charge in [0.2, 0.25) is 5.91 Å². The number of rotatable bonds is 4. The molecule has 3 rings (SSSR count). The van der Waals surface area contributed by atoms with E-state index in [1.165, 1.54) is 6.92 Å². The predicted octanol–water partition coefficient (Wildman–Crippen LogP) is 3.16. The molecule has 1 aliphatic heterocycles. The second-order valence-corrected chi connectivity index (χ2v) is 6.60. The number of nitrogens with one attached hydrogen (secondary N) is 2. The van der Waals surface area contributed by atoms with Crippen molar-refractivity contribution in [2.24, 2.45) is 0 Å². The molecule has 1 heterocycles. The van der Waals surface area contributed by atoms with Gasteiger partial charge < -0.3 is 10.6 Å². The molecule has 2 aromatic carbocycles. The van der Waals surface area contributed by atoms with Crippen LogP contribution in [0.15, 0.2) is 36.4 Å². The summed E-state index contributed by atoms with van der Waals surface area (Å²) in [5.74, 6) is -6.48. The Morgan fingerprint density at radius 1 is 1.14 bits per heavy atom. The van der Waals surface area contributed by atoms with Crippen molar-refractivity contribution >= 4 is 35.1 Å². The molecule has 28 heavy (non-hydrogen) atoms. The minimum Gasteiger partial charge on any atom is -0.322 e. The zero-order chi connectivity index (χ0) is 20.6. The number of hydrogen-bond acceptors (Lipinski definition) is 3. The summed E-state index contributed by atoms with van der Waals surface area (Å²) in [5, 5.41) is 4.72. The summed E-state index contributed by atoms with van der Waals surface area (Å²) in [6, 6.07) is 6.99. The Kier molecular flexibility index (Phi) is 5.03. The van der Waals surface area contributed by atoms with Crippen LogP contribution in [-0.2, 0) is 15.1 Å². The first-order chi connectivity index (χ1) is 13.1. The third-order valence-corrected chi connectivity index (χ3v) is 4.63. The average molecular weight is 412 g/mol. The number of amides is 4. The Labute approximate surface area is 162 Å². The molecule has 0 radical (unpaired) electrons. The van der Waals surface area contributed by atoms with Gasteiger partial charge >= 0.3 is 6.03 Å². The number of nitrogens with zero attached hydrogens (tertiary/aromatic N) is 1. The van der Waals surface area contributed by atoms with Gasteiger partial charge in [-0.2, -0.15) is 0 Å². The monoisotopic (exact) mass is 411 g/mol. The van der Waals surface area contributed by atoms with Crippen LogP contribution in [0.1, 0.15) is 12.5 Å². The van der Waals surface area contributed by atoms with Crippen LogP contribution in [0.2, 0.25) is 5.02 Å². The highest BCUT2D eigenvalue weighted by Gasteiger charge is 2.50. The van der Waals surface area contributed by atoms with E-state index < -0.39 is 53.1 Å². The highest BCUT2D eigenvalue weighted by molar-refractivity contribution is 6.32. The van der Waals surface area contributed by atoms with E-state index in [9.17, 15) is 27.6 Å². The van der Waals surface area contributed by atoms with E-state index in [4.69, 9.17) is 11.6 Å². The maximum absolute atomic E-state index is 13.7. The lowest BCUT2D eigenvalue weighted by atomic mass is 9.92.